The molecule has 2 atom stereocenters. The SMILES string of the molecule is CCCCCCCCCCCCC1(O)OS(=O)(=O)OC1OCCOCCO. The van der Waals surface area contributed by atoms with E-state index >= 15 is 0 Å². The monoisotopic (exact) mass is 412 g/mol. The number of ether oxygens (including phenoxy) is 2. The minimum atomic E-state index is -4.27. The molecular weight excluding hydrogens is 376 g/mol. The quantitative estimate of drug-likeness (QED) is 0.351. The highest BCUT2D eigenvalue weighted by molar-refractivity contribution is 7.82. The molecule has 0 radical (unpaired) electrons. The maximum atomic E-state index is 11.5. The Kier molecular flexibility index (Phi) is 12.7. The van der Waals surface area contributed by atoms with E-state index in [1.165, 1.54) is 38.5 Å². The number of aliphatic hydroxyl groups excluding tert-OH is 1. The van der Waals surface area contributed by atoms with Gasteiger partial charge < -0.3 is 19.7 Å². The molecule has 1 rings (SSSR count). The van der Waals surface area contributed by atoms with Crippen LogP contribution in [0.1, 0.15) is 77.6 Å². The third kappa shape index (κ3) is 10.7. The summed E-state index contributed by atoms with van der Waals surface area (Å²) < 4.78 is 42.7. The fourth-order valence-electron chi connectivity index (χ4n) is 2.98. The second-order valence-corrected chi connectivity index (χ2v) is 8.08. The Morgan fingerprint density at radius 3 is 2.11 bits per heavy atom. The van der Waals surface area contributed by atoms with Crippen molar-refractivity contribution in [3.8, 4) is 0 Å². The third-order valence-corrected chi connectivity index (χ3v) is 5.34. The van der Waals surface area contributed by atoms with Crippen molar-refractivity contribution in [2.75, 3.05) is 26.4 Å². The highest BCUT2D eigenvalue weighted by Gasteiger charge is 2.53. The van der Waals surface area contributed by atoms with Crippen molar-refractivity contribution in [2.45, 2.75) is 89.6 Å². The zero-order valence-corrected chi connectivity index (χ0v) is 17.3. The average molecular weight is 413 g/mol. The molecule has 0 aliphatic carbocycles. The standard InChI is InChI=1S/C18H36O8S/c1-2-3-4-5-6-7-8-9-10-11-12-18(20)17(25-27(21,22)26-18)24-16-15-23-14-13-19/h17,19-20H,2-16H2,1H3. The molecule has 8 nitrogen and oxygen atoms in total. The highest BCUT2D eigenvalue weighted by atomic mass is 32.3. The van der Waals surface area contributed by atoms with Gasteiger partial charge in [0, 0.05) is 6.42 Å². The Morgan fingerprint density at radius 1 is 0.926 bits per heavy atom. The molecule has 1 aliphatic heterocycles. The summed E-state index contributed by atoms with van der Waals surface area (Å²) in [5, 5.41) is 19.1. The van der Waals surface area contributed by atoms with Crippen molar-refractivity contribution in [3.63, 3.8) is 0 Å². The fourth-order valence-corrected chi connectivity index (χ4v) is 3.96. The number of aliphatic hydroxyl groups is 2. The van der Waals surface area contributed by atoms with Crippen LogP contribution in [-0.2, 0) is 28.2 Å². The van der Waals surface area contributed by atoms with Crippen LogP contribution in [0.15, 0.2) is 0 Å². The van der Waals surface area contributed by atoms with Crippen molar-refractivity contribution in [3.05, 3.63) is 0 Å². The van der Waals surface area contributed by atoms with Crippen LogP contribution in [0.2, 0.25) is 0 Å². The van der Waals surface area contributed by atoms with Crippen molar-refractivity contribution in [1.29, 1.82) is 0 Å². The lowest BCUT2D eigenvalue weighted by molar-refractivity contribution is -0.248. The van der Waals surface area contributed by atoms with Gasteiger partial charge in [-0.25, -0.2) is 8.37 Å². The topological polar surface area (TPSA) is 112 Å². The van der Waals surface area contributed by atoms with E-state index in [1.807, 2.05) is 0 Å². The van der Waals surface area contributed by atoms with Crippen molar-refractivity contribution in [2.24, 2.45) is 0 Å². The van der Waals surface area contributed by atoms with Crippen molar-refractivity contribution < 1.29 is 36.5 Å². The van der Waals surface area contributed by atoms with E-state index < -0.39 is 22.5 Å². The minimum absolute atomic E-state index is 0.0177. The molecule has 0 aromatic heterocycles. The molecule has 1 fully saturated rings. The molecule has 0 saturated carbocycles. The summed E-state index contributed by atoms with van der Waals surface area (Å²) in [5.74, 6) is -2.00. The van der Waals surface area contributed by atoms with Crippen molar-refractivity contribution in [1.82, 2.24) is 0 Å². The van der Waals surface area contributed by atoms with Gasteiger partial charge in [-0.1, -0.05) is 64.7 Å². The minimum Gasteiger partial charge on any atom is -0.394 e. The molecule has 162 valence electrons. The van der Waals surface area contributed by atoms with Gasteiger partial charge in [-0.2, -0.15) is 8.42 Å². The summed E-state index contributed by atoms with van der Waals surface area (Å²) in [6, 6.07) is 0. The third-order valence-electron chi connectivity index (χ3n) is 4.44. The van der Waals surface area contributed by atoms with E-state index in [0.29, 0.717) is 6.42 Å². The van der Waals surface area contributed by atoms with Crippen molar-refractivity contribution >= 4 is 10.4 Å². The molecule has 1 heterocycles. The Hall–Kier alpha value is -0.290. The Labute approximate surface area is 163 Å². The van der Waals surface area contributed by atoms with Crippen LogP contribution in [-0.4, -0.2) is 57.1 Å². The predicted molar refractivity (Wildman–Crippen MR) is 100 cm³/mol. The van der Waals surface area contributed by atoms with Gasteiger partial charge in [0.05, 0.1) is 26.4 Å². The smallest absolute Gasteiger partial charge is 0.394 e. The first-order valence-corrected chi connectivity index (χ1v) is 11.4. The number of rotatable bonds is 17. The number of hydrogen-bond acceptors (Lipinski definition) is 8. The first-order valence-electron chi connectivity index (χ1n) is 10.1. The van der Waals surface area contributed by atoms with Crippen LogP contribution >= 0.6 is 0 Å². The summed E-state index contributed by atoms with van der Waals surface area (Å²) in [4.78, 5) is 0. The molecule has 27 heavy (non-hydrogen) atoms. The molecule has 2 N–H and O–H groups in total. The molecule has 9 heteroatoms. The molecule has 0 spiro atoms. The summed E-state index contributed by atoms with van der Waals surface area (Å²) in [6.45, 7) is 2.42. The van der Waals surface area contributed by atoms with Crippen LogP contribution in [0.25, 0.3) is 0 Å². The summed E-state index contributed by atoms with van der Waals surface area (Å²) in [6.07, 6.45) is 10.0. The Balaban J connectivity index is 2.21. The van der Waals surface area contributed by atoms with Gasteiger partial charge in [-0.3, -0.25) is 0 Å². The first kappa shape index (κ1) is 24.7. The Bertz CT molecular complexity index is 470. The van der Waals surface area contributed by atoms with Gasteiger partial charge in [-0.15, -0.1) is 0 Å². The van der Waals surface area contributed by atoms with Gasteiger partial charge in [0.25, 0.3) is 0 Å². The van der Waals surface area contributed by atoms with Crippen LogP contribution in [0.5, 0.6) is 0 Å². The number of unbranched alkanes of at least 4 members (excludes halogenated alkanes) is 9. The van der Waals surface area contributed by atoms with E-state index in [1.54, 1.807) is 0 Å². The van der Waals surface area contributed by atoms with E-state index in [9.17, 15) is 13.5 Å². The Morgan fingerprint density at radius 2 is 1.52 bits per heavy atom. The normalized spacial score (nSPS) is 24.5. The molecule has 0 amide bonds. The number of hydrogen-bond donors (Lipinski definition) is 2. The second-order valence-electron chi connectivity index (χ2n) is 6.90. The second kappa shape index (κ2) is 13.8. The zero-order chi connectivity index (χ0) is 20.0. The first-order chi connectivity index (χ1) is 12.9. The van der Waals surface area contributed by atoms with E-state index in [2.05, 4.69) is 11.1 Å². The highest BCUT2D eigenvalue weighted by Crippen LogP contribution is 2.34. The van der Waals surface area contributed by atoms with E-state index in [-0.39, 0.29) is 32.8 Å². The average Bonchev–Trinajstić information content (AvgIpc) is 2.85. The largest absolute Gasteiger partial charge is 0.405 e. The van der Waals surface area contributed by atoms with E-state index in [4.69, 9.17) is 18.8 Å². The molecule has 0 bridgehead atoms. The van der Waals surface area contributed by atoms with Gasteiger partial charge in [0.1, 0.15) is 0 Å². The van der Waals surface area contributed by atoms with Crippen LogP contribution in [0.3, 0.4) is 0 Å². The van der Waals surface area contributed by atoms with Gasteiger partial charge >= 0.3 is 10.4 Å². The summed E-state index contributed by atoms with van der Waals surface area (Å²) in [7, 11) is -4.27. The maximum Gasteiger partial charge on any atom is 0.405 e. The molecule has 0 aromatic carbocycles. The fraction of sp³-hybridized carbons (Fsp3) is 1.00. The van der Waals surface area contributed by atoms with Gasteiger partial charge in [0.2, 0.25) is 12.1 Å². The lowest BCUT2D eigenvalue weighted by Crippen LogP contribution is -2.42. The van der Waals surface area contributed by atoms with Crippen LogP contribution < -0.4 is 0 Å². The molecule has 0 aromatic rings. The zero-order valence-electron chi connectivity index (χ0n) is 16.4. The summed E-state index contributed by atoms with van der Waals surface area (Å²) in [5.41, 5.74) is 0. The molecule has 2 unspecified atom stereocenters. The lowest BCUT2D eigenvalue weighted by Gasteiger charge is -2.24. The summed E-state index contributed by atoms with van der Waals surface area (Å²) >= 11 is 0. The van der Waals surface area contributed by atoms with Gasteiger partial charge in [-0.05, 0) is 6.42 Å². The predicted octanol–water partition coefficient (Wildman–Crippen LogP) is 2.63. The molecular formula is C18H36O8S. The molecule has 1 aliphatic rings. The van der Waals surface area contributed by atoms with Crippen LogP contribution in [0, 0.1) is 0 Å². The van der Waals surface area contributed by atoms with Crippen LogP contribution in [0.4, 0.5) is 0 Å². The maximum absolute atomic E-state index is 11.5. The lowest BCUT2D eigenvalue weighted by atomic mass is 10.0. The van der Waals surface area contributed by atoms with Gasteiger partial charge in [0.15, 0.2) is 0 Å². The molecule has 1 saturated heterocycles. The van der Waals surface area contributed by atoms with E-state index in [0.717, 1.165) is 19.3 Å².